The van der Waals surface area contributed by atoms with Crippen molar-refractivity contribution in [3.63, 3.8) is 0 Å². The standard InChI is InChI=1S/C17H20N4O/c22-17(20-11-8-14-4-1-2-9-18-14)13-7-10-19-16(12-13)21-15-5-3-6-15/h1-2,4,7,9-10,12,15H,3,5-6,8,11H2,(H,19,21)(H,20,22). The van der Waals surface area contributed by atoms with E-state index in [9.17, 15) is 4.79 Å². The predicted octanol–water partition coefficient (Wildman–Crippen LogP) is 2.41. The molecule has 0 atom stereocenters. The van der Waals surface area contributed by atoms with Crippen molar-refractivity contribution in [1.29, 1.82) is 0 Å². The summed E-state index contributed by atoms with van der Waals surface area (Å²) in [6.45, 7) is 0.573. The van der Waals surface area contributed by atoms with Crippen molar-refractivity contribution in [3.05, 3.63) is 54.0 Å². The molecule has 1 aliphatic rings. The van der Waals surface area contributed by atoms with Crippen LogP contribution in [0.25, 0.3) is 0 Å². The van der Waals surface area contributed by atoms with Crippen LogP contribution in [-0.4, -0.2) is 28.5 Å². The molecule has 2 N–H and O–H groups in total. The number of amides is 1. The first-order valence-electron chi connectivity index (χ1n) is 7.72. The fourth-order valence-electron chi connectivity index (χ4n) is 2.36. The fourth-order valence-corrected chi connectivity index (χ4v) is 2.36. The maximum atomic E-state index is 12.2. The van der Waals surface area contributed by atoms with E-state index < -0.39 is 0 Å². The summed E-state index contributed by atoms with van der Waals surface area (Å²) in [6.07, 6.45) is 7.80. The van der Waals surface area contributed by atoms with E-state index in [0.29, 0.717) is 18.2 Å². The van der Waals surface area contributed by atoms with Crippen molar-refractivity contribution >= 4 is 11.7 Å². The highest BCUT2D eigenvalue weighted by Crippen LogP contribution is 2.22. The Bertz CT molecular complexity index is 626. The molecule has 22 heavy (non-hydrogen) atoms. The molecule has 0 aliphatic heterocycles. The van der Waals surface area contributed by atoms with Gasteiger partial charge < -0.3 is 10.6 Å². The maximum absolute atomic E-state index is 12.2. The van der Waals surface area contributed by atoms with Gasteiger partial charge in [-0.05, 0) is 43.5 Å². The molecule has 0 spiro atoms. The third-order valence-corrected chi connectivity index (χ3v) is 3.87. The summed E-state index contributed by atoms with van der Waals surface area (Å²) in [5.41, 5.74) is 1.61. The quantitative estimate of drug-likeness (QED) is 0.859. The van der Waals surface area contributed by atoms with Crippen LogP contribution in [0.3, 0.4) is 0 Å². The van der Waals surface area contributed by atoms with Crippen molar-refractivity contribution in [2.75, 3.05) is 11.9 Å². The van der Waals surface area contributed by atoms with Gasteiger partial charge in [0.25, 0.3) is 5.91 Å². The summed E-state index contributed by atoms with van der Waals surface area (Å²) in [6, 6.07) is 9.85. The van der Waals surface area contributed by atoms with Gasteiger partial charge in [0, 0.05) is 42.7 Å². The van der Waals surface area contributed by atoms with Gasteiger partial charge in [-0.1, -0.05) is 6.07 Å². The summed E-state index contributed by atoms with van der Waals surface area (Å²) < 4.78 is 0. The number of nitrogens with one attached hydrogen (secondary N) is 2. The molecule has 2 heterocycles. The molecule has 0 bridgehead atoms. The Morgan fingerprint density at radius 1 is 1.18 bits per heavy atom. The van der Waals surface area contributed by atoms with Crippen molar-refractivity contribution in [1.82, 2.24) is 15.3 Å². The summed E-state index contributed by atoms with van der Waals surface area (Å²) in [5.74, 6) is 0.706. The summed E-state index contributed by atoms with van der Waals surface area (Å²) in [4.78, 5) is 20.7. The maximum Gasteiger partial charge on any atom is 0.251 e. The van der Waals surface area contributed by atoms with E-state index in [2.05, 4.69) is 20.6 Å². The molecule has 5 heteroatoms. The Morgan fingerprint density at radius 2 is 2.09 bits per heavy atom. The highest BCUT2D eigenvalue weighted by atomic mass is 16.1. The second-order valence-electron chi connectivity index (χ2n) is 5.53. The smallest absolute Gasteiger partial charge is 0.251 e. The molecular weight excluding hydrogens is 276 g/mol. The van der Waals surface area contributed by atoms with E-state index in [4.69, 9.17) is 0 Å². The lowest BCUT2D eigenvalue weighted by atomic mass is 9.93. The molecule has 2 aromatic rings. The molecule has 3 rings (SSSR count). The van der Waals surface area contributed by atoms with Gasteiger partial charge in [0.1, 0.15) is 5.82 Å². The van der Waals surface area contributed by atoms with Gasteiger partial charge in [-0.3, -0.25) is 9.78 Å². The molecule has 0 saturated heterocycles. The molecule has 0 unspecified atom stereocenters. The van der Waals surface area contributed by atoms with Crippen LogP contribution in [0.2, 0.25) is 0 Å². The van der Waals surface area contributed by atoms with E-state index in [1.54, 1.807) is 18.5 Å². The highest BCUT2D eigenvalue weighted by molar-refractivity contribution is 5.94. The topological polar surface area (TPSA) is 66.9 Å². The third kappa shape index (κ3) is 3.81. The predicted molar refractivity (Wildman–Crippen MR) is 85.8 cm³/mol. The molecule has 5 nitrogen and oxygen atoms in total. The van der Waals surface area contributed by atoms with Crippen molar-refractivity contribution in [2.45, 2.75) is 31.7 Å². The first-order valence-corrected chi connectivity index (χ1v) is 7.72. The van der Waals surface area contributed by atoms with Gasteiger partial charge in [-0.15, -0.1) is 0 Å². The Kier molecular flexibility index (Phi) is 4.63. The zero-order valence-electron chi connectivity index (χ0n) is 12.5. The van der Waals surface area contributed by atoms with Crippen LogP contribution in [0, 0.1) is 0 Å². The minimum Gasteiger partial charge on any atom is -0.367 e. The summed E-state index contributed by atoms with van der Waals surface area (Å²) >= 11 is 0. The van der Waals surface area contributed by atoms with E-state index in [0.717, 1.165) is 17.9 Å². The molecule has 1 aliphatic carbocycles. The van der Waals surface area contributed by atoms with Gasteiger partial charge in [0.15, 0.2) is 0 Å². The summed E-state index contributed by atoms with van der Waals surface area (Å²) in [5, 5.41) is 6.28. The molecule has 2 aromatic heterocycles. The normalized spacial score (nSPS) is 14.2. The number of carbonyl (C=O) groups excluding carboxylic acids is 1. The lowest BCUT2D eigenvalue weighted by molar-refractivity contribution is 0.0954. The van der Waals surface area contributed by atoms with Gasteiger partial charge in [-0.2, -0.15) is 0 Å². The lowest BCUT2D eigenvalue weighted by Gasteiger charge is -2.26. The van der Waals surface area contributed by atoms with Crippen LogP contribution < -0.4 is 10.6 Å². The number of rotatable bonds is 6. The van der Waals surface area contributed by atoms with Crippen molar-refractivity contribution in [2.24, 2.45) is 0 Å². The molecule has 114 valence electrons. The van der Waals surface area contributed by atoms with E-state index >= 15 is 0 Å². The van der Waals surface area contributed by atoms with Gasteiger partial charge in [0.2, 0.25) is 0 Å². The Balaban J connectivity index is 1.52. The Labute approximate surface area is 130 Å². The Hall–Kier alpha value is -2.43. The van der Waals surface area contributed by atoms with E-state index in [1.165, 1.54) is 19.3 Å². The first kappa shape index (κ1) is 14.5. The zero-order valence-corrected chi connectivity index (χ0v) is 12.5. The minimum atomic E-state index is -0.0741. The van der Waals surface area contributed by atoms with Gasteiger partial charge in [0.05, 0.1) is 0 Å². The molecule has 0 aromatic carbocycles. The van der Waals surface area contributed by atoms with Crippen molar-refractivity contribution < 1.29 is 4.79 Å². The zero-order chi connectivity index (χ0) is 15.2. The Morgan fingerprint density at radius 3 is 2.82 bits per heavy atom. The van der Waals surface area contributed by atoms with E-state index in [1.807, 2.05) is 24.3 Å². The largest absolute Gasteiger partial charge is 0.367 e. The minimum absolute atomic E-state index is 0.0741. The fraction of sp³-hybridized carbons (Fsp3) is 0.353. The third-order valence-electron chi connectivity index (χ3n) is 3.87. The van der Waals surface area contributed by atoms with Crippen molar-refractivity contribution in [3.8, 4) is 0 Å². The van der Waals surface area contributed by atoms with Crippen LogP contribution >= 0.6 is 0 Å². The molecule has 1 saturated carbocycles. The van der Waals surface area contributed by atoms with Crippen LogP contribution in [-0.2, 0) is 6.42 Å². The molecule has 1 amide bonds. The number of aromatic nitrogens is 2. The number of carbonyl (C=O) groups is 1. The lowest BCUT2D eigenvalue weighted by Crippen LogP contribution is -2.28. The first-order chi connectivity index (χ1) is 10.8. The van der Waals surface area contributed by atoms with Gasteiger partial charge in [-0.25, -0.2) is 4.98 Å². The van der Waals surface area contributed by atoms with Crippen LogP contribution in [0.15, 0.2) is 42.7 Å². The summed E-state index contributed by atoms with van der Waals surface area (Å²) in [7, 11) is 0. The number of nitrogens with zero attached hydrogens (tertiary/aromatic N) is 2. The van der Waals surface area contributed by atoms with Gasteiger partial charge >= 0.3 is 0 Å². The molecule has 0 radical (unpaired) electrons. The number of hydrogen-bond acceptors (Lipinski definition) is 4. The monoisotopic (exact) mass is 296 g/mol. The number of hydrogen-bond donors (Lipinski definition) is 2. The SMILES string of the molecule is O=C(NCCc1ccccn1)c1ccnc(NC2CCC2)c1. The molecular formula is C17H20N4O. The second kappa shape index (κ2) is 7.02. The van der Waals surface area contributed by atoms with Crippen LogP contribution in [0.4, 0.5) is 5.82 Å². The average Bonchev–Trinajstić information content (AvgIpc) is 2.52. The number of pyridine rings is 2. The average molecular weight is 296 g/mol. The van der Waals surface area contributed by atoms with Crippen LogP contribution in [0.5, 0.6) is 0 Å². The van der Waals surface area contributed by atoms with E-state index in [-0.39, 0.29) is 5.91 Å². The molecule has 1 fully saturated rings. The highest BCUT2D eigenvalue weighted by Gasteiger charge is 2.17. The second-order valence-corrected chi connectivity index (χ2v) is 5.53. The number of anilines is 1. The van der Waals surface area contributed by atoms with Crippen LogP contribution in [0.1, 0.15) is 35.3 Å².